The molecule has 0 aliphatic rings. The number of carbonyl (C=O) groups is 1. The van der Waals surface area contributed by atoms with Crippen LogP contribution < -0.4 is 5.32 Å². The van der Waals surface area contributed by atoms with Gasteiger partial charge in [0.25, 0.3) is 0 Å². The molecule has 100 valence electrons. The number of aliphatic carboxylic acids is 1. The van der Waals surface area contributed by atoms with Gasteiger partial charge >= 0.3 is 12.1 Å². The van der Waals surface area contributed by atoms with Gasteiger partial charge in [-0.2, -0.15) is 13.2 Å². The van der Waals surface area contributed by atoms with E-state index in [-0.39, 0.29) is 12.8 Å². The third-order valence-electron chi connectivity index (χ3n) is 2.62. The molecular weight excluding hydrogens is 247 g/mol. The van der Waals surface area contributed by atoms with Crippen molar-refractivity contribution in [2.24, 2.45) is 0 Å². The molecule has 1 atom stereocenters. The normalized spacial score (nSPS) is 13.3. The zero-order valence-electron chi connectivity index (χ0n) is 9.79. The zero-order chi connectivity index (χ0) is 13.8. The van der Waals surface area contributed by atoms with E-state index in [1.807, 2.05) is 0 Å². The van der Waals surface area contributed by atoms with Crippen LogP contribution in [0.25, 0.3) is 0 Å². The lowest BCUT2D eigenvalue weighted by atomic mass is 10.0. The molecule has 18 heavy (non-hydrogen) atoms. The quantitative estimate of drug-likeness (QED) is 0.855. The third kappa shape index (κ3) is 4.03. The van der Waals surface area contributed by atoms with Crippen molar-refractivity contribution in [2.45, 2.75) is 25.1 Å². The number of nitrogens with one attached hydrogen (secondary N) is 1. The van der Waals surface area contributed by atoms with Gasteiger partial charge in [0.1, 0.15) is 6.04 Å². The monoisotopic (exact) mass is 261 g/mol. The van der Waals surface area contributed by atoms with Gasteiger partial charge < -0.3 is 10.4 Å². The van der Waals surface area contributed by atoms with Crippen LogP contribution in [0.2, 0.25) is 0 Å². The molecule has 6 heteroatoms. The average molecular weight is 261 g/mol. The van der Waals surface area contributed by atoms with Crippen LogP contribution in [0.5, 0.6) is 0 Å². The van der Waals surface area contributed by atoms with Crippen molar-refractivity contribution in [3.63, 3.8) is 0 Å². The van der Waals surface area contributed by atoms with Crippen LogP contribution in [0.3, 0.4) is 0 Å². The molecule has 1 aromatic rings. The van der Waals surface area contributed by atoms with Crippen LogP contribution >= 0.6 is 0 Å². The molecule has 0 fully saturated rings. The molecule has 3 nitrogen and oxygen atoms in total. The Morgan fingerprint density at radius 2 is 2.11 bits per heavy atom. The van der Waals surface area contributed by atoms with Crippen molar-refractivity contribution in [3.8, 4) is 0 Å². The minimum Gasteiger partial charge on any atom is -0.480 e. The molecule has 2 N–H and O–H groups in total. The van der Waals surface area contributed by atoms with E-state index in [0.717, 1.165) is 12.1 Å². The van der Waals surface area contributed by atoms with Crippen LogP contribution in [0.4, 0.5) is 13.2 Å². The SMILES string of the molecule is CN[C@@H](CCc1cccc(C(F)(F)F)c1)C(=O)O. The van der Waals surface area contributed by atoms with Gasteiger partial charge in [-0.15, -0.1) is 0 Å². The van der Waals surface area contributed by atoms with Crippen LogP contribution in [0.15, 0.2) is 24.3 Å². The summed E-state index contributed by atoms with van der Waals surface area (Å²) in [6.07, 6.45) is -3.85. The molecule has 0 aromatic heterocycles. The molecule has 0 amide bonds. The van der Waals surface area contributed by atoms with E-state index in [4.69, 9.17) is 5.11 Å². The summed E-state index contributed by atoms with van der Waals surface area (Å²) in [5.74, 6) is -1.01. The first-order chi connectivity index (χ1) is 8.34. The lowest BCUT2D eigenvalue weighted by Crippen LogP contribution is -2.34. The van der Waals surface area contributed by atoms with Crippen LogP contribution in [0.1, 0.15) is 17.5 Å². The Labute approximate surface area is 103 Å². The van der Waals surface area contributed by atoms with Gasteiger partial charge in [0.15, 0.2) is 0 Å². The van der Waals surface area contributed by atoms with Gasteiger partial charge in [0.2, 0.25) is 0 Å². The fourth-order valence-electron chi connectivity index (χ4n) is 1.61. The number of benzene rings is 1. The predicted octanol–water partition coefficient (Wildman–Crippen LogP) is 2.31. The summed E-state index contributed by atoms with van der Waals surface area (Å²) in [7, 11) is 1.50. The first-order valence-electron chi connectivity index (χ1n) is 5.41. The molecule has 0 saturated heterocycles. The van der Waals surface area contributed by atoms with E-state index in [1.165, 1.54) is 13.1 Å². The van der Waals surface area contributed by atoms with Gasteiger partial charge in [0.05, 0.1) is 5.56 Å². The Kier molecular flexibility index (Phi) is 4.72. The Hall–Kier alpha value is -1.56. The Bertz CT molecular complexity index is 418. The largest absolute Gasteiger partial charge is 0.480 e. The Morgan fingerprint density at radius 1 is 1.44 bits per heavy atom. The summed E-state index contributed by atoms with van der Waals surface area (Å²) in [4.78, 5) is 10.7. The van der Waals surface area contributed by atoms with E-state index in [2.05, 4.69) is 5.32 Å². The second-order valence-electron chi connectivity index (χ2n) is 3.92. The summed E-state index contributed by atoms with van der Waals surface area (Å²) in [6, 6.07) is 4.18. The van der Waals surface area contributed by atoms with E-state index < -0.39 is 23.8 Å². The molecule has 1 aromatic carbocycles. The first kappa shape index (κ1) is 14.5. The zero-order valence-corrected chi connectivity index (χ0v) is 9.79. The molecule has 0 radical (unpaired) electrons. The van der Waals surface area contributed by atoms with Crippen LogP contribution in [0, 0.1) is 0 Å². The van der Waals surface area contributed by atoms with Crippen molar-refractivity contribution in [1.82, 2.24) is 5.32 Å². The van der Waals surface area contributed by atoms with Gasteiger partial charge in [0, 0.05) is 0 Å². The highest BCUT2D eigenvalue weighted by Crippen LogP contribution is 2.29. The maximum absolute atomic E-state index is 12.5. The highest BCUT2D eigenvalue weighted by molar-refractivity contribution is 5.73. The van der Waals surface area contributed by atoms with Crippen LogP contribution in [-0.4, -0.2) is 24.2 Å². The van der Waals surface area contributed by atoms with Crippen molar-refractivity contribution in [2.75, 3.05) is 7.05 Å². The number of halogens is 3. The Morgan fingerprint density at radius 3 is 2.61 bits per heavy atom. The molecule has 0 bridgehead atoms. The summed E-state index contributed by atoms with van der Waals surface area (Å²) in [5.41, 5.74) is -0.234. The number of aryl methyl sites for hydroxylation is 1. The minimum atomic E-state index is -4.37. The third-order valence-corrected chi connectivity index (χ3v) is 2.62. The fraction of sp³-hybridized carbons (Fsp3) is 0.417. The van der Waals surface area contributed by atoms with E-state index in [0.29, 0.717) is 5.56 Å². The first-order valence-corrected chi connectivity index (χ1v) is 5.41. The van der Waals surface area contributed by atoms with Gasteiger partial charge in [-0.25, -0.2) is 0 Å². The maximum atomic E-state index is 12.5. The molecule has 0 saturated carbocycles. The highest BCUT2D eigenvalue weighted by atomic mass is 19.4. The molecule has 0 heterocycles. The molecular formula is C12H14F3NO2. The number of carboxylic acids is 1. The average Bonchev–Trinajstić information content (AvgIpc) is 2.28. The summed E-state index contributed by atoms with van der Waals surface area (Å²) in [5, 5.41) is 11.4. The van der Waals surface area contributed by atoms with E-state index >= 15 is 0 Å². The molecule has 0 unspecified atom stereocenters. The van der Waals surface area contributed by atoms with Crippen LogP contribution in [-0.2, 0) is 17.4 Å². The predicted molar refractivity (Wildman–Crippen MR) is 60.2 cm³/mol. The fourth-order valence-corrected chi connectivity index (χ4v) is 1.61. The number of carboxylic acid groups (broad SMARTS) is 1. The minimum absolute atomic E-state index is 0.243. The number of likely N-dealkylation sites (N-methyl/N-ethyl adjacent to an activating group) is 1. The van der Waals surface area contributed by atoms with Gasteiger partial charge in [-0.3, -0.25) is 4.79 Å². The highest BCUT2D eigenvalue weighted by Gasteiger charge is 2.30. The van der Waals surface area contributed by atoms with E-state index in [1.54, 1.807) is 6.07 Å². The number of hydrogen-bond donors (Lipinski definition) is 2. The second kappa shape index (κ2) is 5.86. The lowest BCUT2D eigenvalue weighted by molar-refractivity contribution is -0.140. The standard InChI is InChI=1S/C12H14F3NO2/c1-16-10(11(17)18)6-5-8-3-2-4-9(7-8)12(13,14)15/h2-4,7,10,16H,5-6H2,1H3,(H,17,18)/t10-/m0/s1. The van der Waals surface area contributed by atoms with Crippen molar-refractivity contribution >= 4 is 5.97 Å². The van der Waals surface area contributed by atoms with Crippen molar-refractivity contribution in [1.29, 1.82) is 0 Å². The van der Waals surface area contributed by atoms with Crippen molar-refractivity contribution < 1.29 is 23.1 Å². The smallest absolute Gasteiger partial charge is 0.416 e. The van der Waals surface area contributed by atoms with E-state index in [9.17, 15) is 18.0 Å². The second-order valence-corrected chi connectivity index (χ2v) is 3.92. The summed E-state index contributed by atoms with van der Waals surface area (Å²) in [6.45, 7) is 0. The summed E-state index contributed by atoms with van der Waals surface area (Å²) < 4.78 is 37.4. The summed E-state index contributed by atoms with van der Waals surface area (Å²) >= 11 is 0. The van der Waals surface area contributed by atoms with Gasteiger partial charge in [-0.1, -0.05) is 18.2 Å². The Balaban J connectivity index is 2.71. The topological polar surface area (TPSA) is 49.3 Å². The molecule has 0 aliphatic heterocycles. The lowest BCUT2D eigenvalue weighted by Gasteiger charge is -2.12. The van der Waals surface area contributed by atoms with Crippen molar-refractivity contribution in [3.05, 3.63) is 35.4 Å². The number of hydrogen-bond acceptors (Lipinski definition) is 2. The number of rotatable bonds is 5. The maximum Gasteiger partial charge on any atom is 0.416 e. The molecule has 0 aliphatic carbocycles. The molecule has 1 rings (SSSR count). The van der Waals surface area contributed by atoms with Gasteiger partial charge in [-0.05, 0) is 31.5 Å². The number of alkyl halides is 3. The molecule has 0 spiro atoms.